The summed E-state index contributed by atoms with van der Waals surface area (Å²) in [4.78, 5) is 11.6. The molecular weight excluding hydrogens is 341 g/mol. The van der Waals surface area contributed by atoms with E-state index in [0.717, 1.165) is 12.1 Å². The minimum absolute atomic E-state index is 0.0640. The van der Waals surface area contributed by atoms with Crippen LogP contribution >= 0.6 is 10.7 Å². The van der Waals surface area contributed by atoms with Gasteiger partial charge in [0.1, 0.15) is 5.82 Å². The van der Waals surface area contributed by atoms with Crippen molar-refractivity contribution in [1.82, 2.24) is 5.32 Å². The lowest BCUT2D eigenvalue weighted by Crippen LogP contribution is -2.33. The Kier molecular flexibility index (Phi) is 5.89. The number of carbonyl (C=O) groups is 1. The van der Waals surface area contributed by atoms with Crippen LogP contribution in [0.1, 0.15) is 22.8 Å². The maximum Gasteiger partial charge on any atom is 0.261 e. The third-order valence-electron chi connectivity index (χ3n) is 2.95. The molecule has 0 aromatic heterocycles. The smallest absolute Gasteiger partial charge is 0.261 e. The van der Waals surface area contributed by atoms with Gasteiger partial charge in [0, 0.05) is 45.1 Å². The van der Waals surface area contributed by atoms with Gasteiger partial charge in [-0.3, -0.25) is 9.00 Å². The predicted molar refractivity (Wildman–Crippen MR) is 80.0 cm³/mol. The maximum atomic E-state index is 13.5. The predicted octanol–water partition coefficient (Wildman–Crippen LogP) is 1.56. The normalized spacial score (nSPS) is 14.5. The Morgan fingerprint density at radius 1 is 1.48 bits per heavy atom. The topological polar surface area (TPSA) is 80.3 Å². The van der Waals surface area contributed by atoms with E-state index in [1.54, 1.807) is 6.92 Å². The first-order valence-corrected chi connectivity index (χ1v) is 9.82. The third kappa shape index (κ3) is 4.76. The second kappa shape index (κ2) is 6.85. The van der Waals surface area contributed by atoms with Crippen molar-refractivity contribution in [2.75, 3.05) is 12.8 Å². The minimum atomic E-state index is -4.15. The second-order valence-electron chi connectivity index (χ2n) is 4.53. The average Bonchev–Trinajstić information content (AvgIpc) is 2.36. The molecule has 118 valence electrons. The fourth-order valence-electron chi connectivity index (χ4n) is 1.59. The summed E-state index contributed by atoms with van der Waals surface area (Å²) in [6.45, 7) is 3.18. The molecule has 1 rings (SSSR count). The maximum absolute atomic E-state index is 13.5. The van der Waals surface area contributed by atoms with E-state index >= 15 is 0 Å². The zero-order valence-electron chi connectivity index (χ0n) is 11.6. The van der Waals surface area contributed by atoms with Crippen LogP contribution < -0.4 is 5.32 Å². The number of halogens is 2. The highest BCUT2D eigenvalue weighted by atomic mass is 35.7. The number of nitrogens with one attached hydrogen (secondary N) is 1. The molecule has 2 unspecified atom stereocenters. The largest absolute Gasteiger partial charge is 0.351 e. The summed E-state index contributed by atoms with van der Waals surface area (Å²) in [5.41, 5.74) is -0.0579. The first-order chi connectivity index (χ1) is 9.54. The minimum Gasteiger partial charge on any atom is -0.351 e. The van der Waals surface area contributed by atoms with Crippen molar-refractivity contribution in [3.8, 4) is 0 Å². The lowest BCUT2D eigenvalue weighted by atomic mass is 10.1. The van der Waals surface area contributed by atoms with Gasteiger partial charge in [-0.05, 0) is 31.5 Å². The van der Waals surface area contributed by atoms with Crippen molar-refractivity contribution in [1.29, 1.82) is 0 Å². The van der Waals surface area contributed by atoms with E-state index in [2.05, 4.69) is 5.32 Å². The molecule has 0 heterocycles. The number of benzene rings is 1. The summed E-state index contributed by atoms with van der Waals surface area (Å²) in [5.74, 6) is -1.53. The van der Waals surface area contributed by atoms with E-state index in [1.807, 2.05) is 0 Å². The van der Waals surface area contributed by atoms with Crippen LogP contribution in [0.2, 0.25) is 0 Å². The molecule has 1 N–H and O–H groups in total. The fraction of sp³-hybridized carbons (Fsp3) is 0.417. The van der Waals surface area contributed by atoms with Gasteiger partial charge in [-0.25, -0.2) is 12.8 Å². The lowest BCUT2D eigenvalue weighted by molar-refractivity contribution is 0.0952. The molecule has 9 heteroatoms. The summed E-state index contributed by atoms with van der Waals surface area (Å²) in [5, 5.41) is 2.21. The monoisotopic (exact) mass is 355 g/mol. The second-order valence-corrected chi connectivity index (χ2v) is 8.87. The SMILES string of the molecule is Cc1c(C(=O)NCC(C)S(C)=O)cc(F)cc1S(=O)(=O)Cl. The summed E-state index contributed by atoms with van der Waals surface area (Å²) in [6.07, 6.45) is 1.50. The Morgan fingerprint density at radius 3 is 2.52 bits per heavy atom. The first kappa shape index (κ1) is 18.1. The highest BCUT2D eigenvalue weighted by Crippen LogP contribution is 2.24. The molecule has 0 aliphatic rings. The molecule has 0 saturated carbocycles. The van der Waals surface area contributed by atoms with Crippen LogP contribution in [0.5, 0.6) is 0 Å². The Hall–Kier alpha value is -0.990. The van der Waals surface area contributed by atoms with Crippen molar-refractivity contribution < 1.29 is 21.8 Å². The molecule has 1 aromatic rings. The number of amides is 1. The number of hydrogen-bond acceptors (Lipinski definition) is 4. The molecule has 1 aromatic carbocycles. The quantitative estimate of drug-likeness (QED) is 0.813. The van der Waals surface area contributed by atoms with Crippen molar-refractivity contribution in [2.45, 2.75) is 24.0 Å². The van der Waals surface area contributed by atoms with Gasteiger partial charge in [-0.2, -0.15) is 0 Å². The van der Waals surface area contributed by atoms with Crippen LogP contribution in [-0.2, 0) is 19.9 Å². The van der Waals surface area contributed by atoms with Gasteiger partial charge in [0.15, 0.2) is 0 Å². The zero-order chi connectivity index (χ0) is 16.4. The molecular formula is C12H15ClFNO4S2. The van der Waals surface area contributed by atoms with Gasteiger partial charge in [0.25, 0.3) is 15.0 Å². The zero-order valence-corrected chi connectivity index (χ0v) is 14.0. The van der Waals surface area contributed by atoms with Gasteiger partial charge < -0.3 is 5.32 Å². The Labute approximate surface area is 129 Å². The molecule has 0 saturated heterocycles. The van der Waals surface area contributed by atoms with E-state index in [9.17, 15) is 21.8 Å². The molecule has 21 heavy (non-hydrogen) atoms. The lowest BCUT2D eigenvalue weighted by Gasteiger charge is -2.13. The van der Waals surface area contributed by atoms with E-state index in [0.29, 0.717) is 0 Å². The summed E-state index contributed by atoms with van der Waals surface area (Å²) in [6, 6.07) is 1.70. The highest BCUT2D eigenvalue weighted by molar-refractivity contribution is 8.13. The van der Waals surface area contributed by atoms with Gasteiger partial charge in [0.05, 0.1) is 4.90 Å². The van der Waals surface area contributed by atoms with Gasteiger partial charge in [-0.15, -0.1) is 0 Å². The summed E-state index contributed by atoms with van der Waals surface area (Å²) >= 11 is 0. The Morgan fingerprint density at radius 2 is 2.05 bits per heavy atom. The number of rotatable bonds is 5. The Balaban J connectivity index is 3.11. The first-order valence-electron chi connectivity index (χ1n) is 5.89. The summed E-state index contributed by atoms with van der Waals surface area (Å²) < 4.78 is 47.4. The molecule has 2 atom stereocenters. The van der Waals surface area contributed by atoms with Crippen molar-refractivity contribution in [2.24, 2.45) is 0 Å². The van der Waals surface area contributed by atoms with E-state index < -0.39 is 36.5 Å². The van der Waals surface area contributed by atoms with Gasteiger partial charge in [-0.1, -0.05) is 0 Å². The molecule has 0 bridgehead atoms. The highest BCUT2D eigenvalue weighted by Gasteiger charge is 2.21. The van der Waals surface area contributed by atoms with E-state index in [-0.39, 0.29) is 22.9 Å². The van der Waals surface area contributed by atoms with Crippen LogP contribution in [0, 0.1) is 12.7 Å². The van der Waals surface area contributed by atoms with Crippen molar-refractivity contribution in [3.63, 3.8) is 0 Å². The van der Waals surface area contributed by atoms with E-state index in [4.69, 9.17) is 10.7 Å². The van der Waals surface area contributed by atoms with Crippen LogP contribution in [-0.4, -0.2) is 36.6 Å². The van der Waals surface area contributed by atoms with Crippen LogP contribution in [0.25, 0.3) is 0 Å². The summed E-state index contributed by atoms with van der Waals surface area (Å²) in [7, 11) is -0.0551. The van der Waals surface area contributed by atoms with Gasteiger partial charge >= 0.3 is 0 Å². The van der Waals surface area contributed by atoms with Gasteiger partial charge in [0.2, 0.25) is 0 Å². The van der Waals surface area contributed by atoms with Crippen LogP contribution in [0.15, 0.2) is 17.0 Å². The van der Waals surface area contributed by atoms with Crippen molar-refractivity contribution >= 4 is 36.4 Å². The van der Waals surface area contributed by atoms with Crippen LogP contribution in [0.4, 0.5) is 4.39 Å². The molecule has 5 nitrogen and oxygen atoms in total. The third-order valence-corrected chi connectivity index (χ3v) is 5.70. The van der Waals surface area contributed by atoms with Crippen molar-refractivity contribution in [3.05, 3.63) is 29.1 Å². The Bertz CT molecular complexity index is 691. The van der Waals surface area contributed by atoms with Crippen LogP contribution in [0.3, 0.4) is 0 Å². The average molecular weight is 356 g/mol. The molecule has 0 aliphatic carbocycles. The van der Waals surface area contributed by atoms with E-state index in [1.165, 1.54) is 13.2 Å². The molecule has 0 radical (unpaired) electrons. The molecule has 0 spiro atoms. The molecule has 0 aliphatic heterocycles. The standard InChI is InChI=1S/C12H15ClFNO4S2/c1-7(20(3)17)6-15-12(16)10-4-9(14)5-11(8(10)2)21(13,18)19/h4-5,7H,6H2,1-3H3,(H,15,16). The molecule has 1 amide bonds. The number of carbonyl (C=O) groups excluding carboxylic acids is 1. The fourth-order valence-corrected chi connectivity index (χ4v) is 3.12. The number of hydrogen-bond donors (Lipinski definition) is 1. The molecule has 0 fully saturated rings.